The van der Waals surface area contributed by atoms with Crippen LogP contribution < -0.4 is 15.4 Å². The van der Waals surface area contributed by atoms with Crippen LogP contribution in [-0.4, -0.2) is 30.1 Å². The van der Waals surface area contributed by atoms with E-state index in [9.17, 15) is 18.0 Å². The Morgan fingerprint density at radius 2 is 1.96 bits per heavy atom. The Hall–Kier alpha value is -2.29. The molecule has 2 aromatic rings. The number of halogens is 3. The fourth-order valence-electron chi connectivity index (χ4n) is 2.67. The van der Waals surface area contributed by atoms with Gasteiger partial charge in [0.2, 0.25) is 0 Å². The van der Waals surface area contributed by atoms with Crippen molar-refractivity contribution in [2.75, 3.05) is 18.0 Å². The number of amides is 1. The maximum atomic E-state index is 13.0. The van der Waals surface area contributed by atoms with Gasteiger partial charge in [0.25, 0.3) is 5.91 Å². The van der Waals surface area contributed by atoms with E-state index < -0.39 is 17.6 Å². The number of rotatable bonds is 4. The predicted octanol–water partition coefficient (Wildman–Crippen LogP) is 3.31. The van der Waals surface area contributed by atoms with Crippen LogP contribution in [0.2, 0.25) is 0 Å². The second-order valence-electron chi connectivity index (χ2n) is 5.67. The molecular weight excluding hydrogens is 355 g/mol. The van der Waals surface area contributed by atoms with Gasteiger partial charge in [-0.25, -0.2) is 4.98 Å². The van der Waals surface area contributed by atoms with E-state index in [0.29, 0.717) is 35.9 Å². The van der Waals surface area contributed by atoms with E-state index in [1.54, 1.807) is 0 Å². The van der Waals surface area contributed by atoms with Crippen LogP contribution in [0.4, 0.5) is 18.3 Å². The maximum Gasteiger partial charge on any atom is 0.419 e. The highest BCUT2D eigenvalue weighted by Crippen LogP contribution is 2.37. The molecule has 1 aromatic heterocycles. The van der Waals surface area contributed by atoms with E-state index in [2.05, 4.69) is 4.98 Å². The van der Waals surface area contributed by atoms with Gasteiger partial charge in [-0.3, -0.25) is 4.79 Å². The standard InChI is InChI=1S/C16H16F3N3O2S/c17-16(18,19)11-3-1-2-4-12(11)24-10-5-7-22(8-6-10)15-21-9-13(25-15)14(20)23/h1-4,9-10H,5-8H2,(H2,20,23). The molecule has 0 unspecified atom stereocenters. The smallest absolute Gasteiger partial charge is 0.419 e. The third kappa shape index (κ3) is 4.04. The minimum atomic E-state index is -4.44. The molecule has 1 fully saturated rings. The lowest BCUT2D eigenvalue weighted by molar-refractivity contribution is -0.139. The van der Waals surface area contributed by atoms with E-state index in [1.807, 2.05) is 4.90 Å². The molecular formula is C16H16F3N3O2S. The fraction of sp³-hybridized carbons (Fsp3) is 0.375. The Kier molecular flexibility index (Phi) is 4.85. The summed E-state index contributed by atoms with van der Waals surface area (Å²) in [5.41, 5.74) is 4.45. The first-order valence-electron chi connectivity index (χ1n) is 7.68. The van der Waals surface area contributed by atoms with Crippen LogP contribution in [0.1, 0.15) is 28.1 Å². The fourth-order valence-corrected chi connectivity index (χ4v) is 3.49. The molecule has 1 aliphatic heterocycles. The van der Waals surface area contributed by atoms with E-state index in [-0.39, 0.29) is 11.9 Å². The minimum absolute atomic E-state index is 0.140. The van der Waals surface area contributed by atoms with Crippen molar-refractivity contribution in [3.05, 3.63) is 40.9 Å². The second kappa shape index (κ2) is 6.91. The number of nitrogens with zero attached hydrogens (tertiary/aromatic N) is 2. The number of thiazole rings is 1. The van der Waals surface area contributed by atoms with Crippen molar-refractivity contribution in [2.45, 2.75) is 25.1 Å². The van der Waals surface area contributed by atoms with Gasteiger partial charge in [0.1, 0.15) is 16.7 Å². The molecule has 1 aromatic carbocycles. The number of alkyl halides is 3. The van der Waals surface area contributed by atoms with Gasteiger partial charge in [-0.15, -0.1) is 0 Å². The number of ether oxygens (including phenoxy) is 1. The van der Waals surface area contributed by atoms with Gasteiger partial charge in [-0.2, -0.15) is 13.2 Å². The highest BCUT2D eigenvalue weighted by molar-refractivity contribution is 7.17. The van der Waals surface area contributed by atoms with Crippen LogP contribution in [0.3, 0.4) is 0 Å². The van der Waals surface area contributed by atoms with Crippen molar-refractivity contribution in [1.29, 1.82) is 0 Å². The van der Waals surface area contributed by atoms with Crippen molar-refractivity contribution < 1.29 is 22.7 Å². The monoisotopic (exact) mass is 371 g/mol. The largest absolute Gasteiger partial charge is 0.490 e. The Balaban J connectivity index is 1.62. The summed E-state index contributed by atoms with van der Waals surface area (Å²) in [6, 6.07) is 5.23. The second-order valence-corrected chi connectivity index (χ2v) is 6.68. The van der Waals surface area contributed by atoms with Gasteiger partial charge in [-0.1, -0.05) is 23.5 Å². The zero-order valence-electron chi connectivity index (χ0n) is 13.1. The molecule has 1 saturated heterocycles. The molecule has 2 heterocycles. The summed E-state index contributed by atoms with van der Waals surface area (Å²) in [5, 5.41) is 0.683. The van der Waals surface area contributed by atoms with E-state index >= 15 is 0 Å². The number of carbonyl (C=O) groups is 1. The van der Waals surface area contributed by atoms with Gasteiger partial charge in [-0.05, 0) is 12.1 Å². The summed E-state index contributed by atoms with van der Waals surface area (Å²) >= 11 is 1.21. The van der Waals surface area contributed by atoms with Crippen LogP contribution in [0.5, 0.6) is 5.75 Å². The lowest BCUT2D eigenvalue weighted by atomic mass is 10.1. The quantitative estimate of drug-likeness (QED) is 0.895. The number of para-hydroxylation sites is 1. The maximum absolute atomic E-state index is 13.0. The topological polar surface area (TPSA) is 68.5 Å². The SMILES string of the molecule is NC(=O)c1cnc(N2CCC(Oc3ccccc3C(F)(F)F)CC2)s1. The summed E-state index contributed by atoms with van der Waals surface area (Å²) in [5.74, 6) is -0.663. The first kappa shape index (κ1) is 17.5. The van der Waals surface area contributed by atoms with Crippen LogP contribution in [0.25, 0.3) is 0 Å². The van der Waals surface area contributed by atoms with Crippen molar-refractivity contribution in [1.82, 2.24) is 4.98 Å². The molecule has 3 rings (SSSR count). The van der Waals surface area contributed by atoms with Gasteiger partial charge in [0.15, 0.2) is 5.13 Å². The molecule has 1 amide bonds. The third-order valence-corrected chi connectivity index (χ3v) is 5.01. The molecule has 5 nitrogen and oxygen atoms in total. The van der Waals surface area contributed by atoms with Crippen molar-refractivity contribution >= 4 is 22.4 Å². The van der Waals surface area contributed by atoms with Crippen LogP contribution in [-0.2, 0) is 6.18 Å². The number of nitrogens with two attached hydrogens (primary N) is 1. The molecule has 1 aliphatic rings. The van der Waals surface area contributed by atoms with Gasteiger partial charge < -0.3 is 15.4 Å². The number of hydrogen-bond donors (Lipinski definition) is 1. The average Bonchev–Trinajstić information content (AvgIpc) is 3.05. The lowest BCUT2D eigenvalue weighted by Crippen LogP contribution is -2.38. The molecule has 2 N–H and O–H groups in total. The van der Waals surface area contributed by atoms with Crippen molar-refractivity contribution in [2.24, 2.45) is 5.73 Å². The van der Waals surface area contributed by atoms with E-state index in [4.69, 9.17) is 10.5 Å². The van der Waals surface area contributed by atoms with Gasteiger partial charge >= 0.3 is 6.18 Å². The number of carbonyl (C=O) groups excluding carboxylic acids is 1. The highest BCUT2D eigenvalue weighted by Gasteiger charge is 2.35. The Bertz CT molecular complexity index is 755. The minimum Gasteiger partial charge on any atom is -0.490 e. The molecule has 0 spiro atoms. The van der Waals surface area contributed by atoms with Crippen LogP contribution >= 0.6 is 11.3 Å². The summed E-state index contributed by atoms with van der Waals surface area (Å²) in [4.78, 5) is 17.7. The molecule has 0 atom stereocenters. The number of benzene rings is 1. The number of anilines is 1. The van der Waals surface area contributed by atoms with Crippen LogP contribution in [0.15, 0.2) is 30.5 Å². The third-order valence-electron chi connectivity index (χ3n) is 3.93. The first-order valence-corrected chi connectivity index (χ1v) is 8.49. The molecule has 0 bridgehead atoms. The Morgan fingerprint density at radius 1 is 1.28 bits per heavy atom. The lowest BCUT2D eigenvalue weighted by Gasteiger charge is -2.32. The van der Waals surface area contributed by atoms with E-state index in [1.165, 1.54) is 35.7 Å². The number of primary amides is 1. The molecule has 0 saturated carbocycles. The zero-order valence-corrected chi connectivity index (χ0v) is 13.9. The molecule has 0 aliphatic carbocycles. The summed E-state index contributed by atoms with van der Waals surface area (Å²) in [6.45, 7) is 1.18. The number of hydrogen-bond acceptors (Lipinski definition) is 5. The first-order chi connectivity index (χ1) is 11.8. The summed E-state index contributed by atoms with van der Waals surface area (Å²) in [6.07, 6.45) is -2.17. The highest BCUT2D eigenvalue weighted by atomic mass is 32.1. The average molecular weight is 371 g/mol. The Labute approximate surface area is 146 Å². The predicted molar refractivity (Wildman–Crippen MR) is 87.9 cm³/mol. The summed E-state index contributed by atoms with van der Waals surface area (Å²) < 4.78 is 44.7. The van der Waals surface area contributed by atoms with E-state index in [0.717, 1.165) is 6.07 Å². The number of aromatic nitrogens is 1. The van der Waals surface area contributed by atoms with Crippen molar-refractivity contribution in [3.8, 4) is 5.75 Å². The summed E-state index contributed by atoms with van der Waals surface area (Å²) in [7, 11) is 0. The van der Waals surface area contributed by atoms with Crippen molar-refractivity contribution in [3.63, 3.8) is 0 Å². The number of piperidine rings is 1. The molecule has 9 heteroatoms. The van der Waals surface area contributed by atoms with Gasteiger partial charge in [0, 0.05) is 25.9 Å². The normalized spacial score (nSPS) is 16.0. The zero-order chi connectivity index (χ0) is 18.0. The molecule has 25 heavy (non-hydrogen) atoms. The molecule has 0 radical (unpaired) electrons. The van der Waals surface area contributed by atoms with Crippen LogP contribution in [0, 0.1) is 0 Å². The molecule has 134 valence electrons. The Morgan fingerprint density at radius 3 is 2.56 bits per heavy atom. The van der Waals surface area contributed by atoms with Gasteiger partial charge in [0.05, 0.1) is 11.8 Å².